The molecule has 6 heteroatoms. The number of thioether (sulfide) groups is 2. The average molecular weight is 383 g/mol. The van der Waals surface area contributed by atoms with Gasteiger partial charge in [0.1, 0.15) is 5.60 Å². The van der Waals surface area contributed by atoms with Gasteiger partial charge in [-0.1, -0.05) is 20.8 Å². The third-order valence-corrected chi connectivity index (χ3v) is 6.02. The van der Waals surface area contributed by atoms with Gasteiger partial charge in [0, 0.05) is 39.9 Å². The van der Waals surface area contributed by atoms with Gasteiger partial charge in [0.05, 0.1) is 5.69 Å². The standard InChI is InChI=1S/C19H30N2O2S2/c1-18(2,3)23-17(22)21-11-9-14(12-21)24-13-15-16(8-7-10-20-15)25-19(4,5)6/h7-8,10,14H,9,11-13H2,1-6H3. The number of rotatable bonds is 4. The number of ether oxygens (including phenoxy) is 1. The van der Waals surface area contributed by atoms with Crippen molar-refractivity contribution in [2.45, 2.75) is 74.2 Å². The number of likely N-dealkylation sites (tertiary alicyclic amines) is 1. The molecule has 1 aliphatic rings. The lowest BCUT2D eigenvalue weighted by Crippen LogP contribution is -2.35. The largest absolute Gasteiger partial charge is 0.444 e. The Morgan fingerprint density at radius 2 is 2.04 bits per heavy atom. The summed E-state index contributed by atoms with van der Waals surface area (Å²) in [5, 5.41) is 0.446. The molecule has 0 aromatic carbocycles. The molecule has 0 spiro atoms. The molecule has 1 unspecified atom stereocenters. The van der Waals surface area contributed by atoms with E-state index in [4.69, 9.17) is 4.74 Å². The minimum absolute atomic E-state index is 0.170. The molecule has 1 saturated heterocycles. The molecule has 1 aliphatic heterocycles. The lowest BCUT2D eigenvalue weighted by atomic mass is 10.2. The van der Waals surface area contributed by atoms with E-state index >= 15 is 0 Å². The van der Waals surface area contributed by atoms with Crippen LogP contribution in [0.5, 0.6) is 0 Å². The van der Waals surface area contributed by atoms with E-state index in [0.29, 0.717) is 5.25 Å². The highest BCUT2D eigenvalue weighted by Crippen LogP contribution is 2.35. The molecule has 4 nitrogen and oxygen atoms in total. The van der Waals surface area contributed by atoms with Crippen LogP contribution in [0.4, 0.5) is 4.79 Å². The first-order chi connectivity index (χ1) is 11.5. The average Bonchev–Trinajstić information content (AvgIpc) is 2.92. The van der Waals surface area contributed by atoms with E-state index in [1.165, 1.54) is 4.90 Å². The van der Waals surface area contributed by atoms with Crippen molar-refractivity contribution in [3.05, 3.63) is 24.0 Å². The number of aromatic nitrogens is 1. The number of hydrogen-bond acceptors (Lipinski definition) is 5. The Morgan fingerprint density at radius 1 is 1.32 bits per heavy atom. The van der Waals surface area contributed by atoms with Gasteiger partial charge in [-0.25, -0.2) is 4.79 Å². The lowest BCUT2D eigenvalue weighted by molar-refractivity contribution is 0.0295. The van der Waals surface area contributed by atoms with Gasteiger partial charge in [-0.15, -0.1) is 11.8 Å². The van der Waals surface area contributed by atoms with Crippen molar-refractivity contribution in [1.82, 2.24) is 9.88 Å². The number of nitrogens with zero attached hydrogens (tertiary/aromatic N) is 2. The Kier molecular flexibility index (Phi) is 6.71. The van der Waals surface area contributed by atoms with E-state index in [1.54, 1.807) is 0 Å². The molecule has 2 rings (SSSR count). The number of hydrogen-bond donors (Lipinski definition) is 0. The van der Waals surface area contributed by atoms with Gasteiger partial charge in [-0.2, -0.15) is 11.8 Å². The summed E-state index contributed by atoms with van der Waals surface area (Å²) in [6.07, 6.45) is 2.68. The predicted octanol–water partition coefficient (Wildman–Crippen LogP) is 5.21. The Morgan fingerprint density at radius 3 is 2.68 bits per heavy atom. The smallest absolute Gasteiger partial charge is 0.410 e. The molecule has 1 aromatic rings. The molecule has 0 bridgehead atoms. The van der Waals surface area contributed by atoms with Crippen molar-refractivity contribution in [3.63, 3.8) is 0 Å². The molecule has 0 saturated carbocycles. The molecule has 0 aliphatic carbocycles. The highest BCUT2D eigenvalue weighted by molar-refractivity contribution is 8.01. The molecule has 140 valence electrons. The first-order valence-corrected chi connectivity index (χ1v) is 10.6. The van der Waals surface area contributed by atoms with Crippen LogP contribution >= 0.6 is 23.5 Å². The molecular weight excluding hydrogens is 352 g/mol. The number of carbonyl (C=O) groups is 1. The van der Waals surface area contributed by atoms with Gasteiger partial charge in [-0.3, -0.25) is 4.98 Å². The minimum atomic E-state index is -0.435. The monoisotopic (exact) mass is 382 g/mol. The Hall–Kier alpha value is -0.880. The van der Waals surface area contributed by atoms with Crippen LogP contribution < -0.4 is 0 Å². The molecule has 1 fully saturated rings. The SMILES string of the molecule is CC(C)(C)OC(=O)N1CCC(SCc2ncccc2SC(C)(C)C)C1. The zero-order chi connectivity index (χ0) is 18.7. The number of pyridine rings is 1. The minimum Gasteiger partial charge on any atom is -0.444 e. The Balaban J connectivity index is 1.88. The van der Waals surface area contributed by atoms with Crippen LogP contribution in [-0.4, -0.2) is 44.7 Å². The van der Waals surface area contributed by atoms with Gasteiger partial charge >= 0.3 is 6.09 Å². The van der Waals surface area contributed by atoms with Crippen molar-refractivity contribution in [3.8, 4) is 0 Å². The van der Waals surface area contributed by atoms with Gasteiger partial charge in [0.2, 0.25) is 0 Å². The molecule has 1 amide bonds. The predicted molar refractivity (Wildman–Crippen MR) is 107 cm³/mol. The van der Waals surface area contributed by atoms with Crippen molar-refractivity contribution in [1.29, 1.82) is 0 Å². The molecule has 0 radical (unpaired) electrons. The fourth-order valence-electron chi connectivity index (χ4n) is 2.51. The normalized spacial score (nSPS) is 18.5. The van der Waals surface area contributed by atoms with Crippen LogP contribution in [-0.2, 0) is 10.5 Å². The first kappa shape index (κ1) is 20.4. The zero-order valence-corrected chi connectivity index (χ0v) is 17.8. The first-order valence-electron chi connectivity index (χ1n) is 8.76. The summed E-state index contributed by atoms with van der Waals surface area (Å²) in [4.78, 5) is 19.8. The van der Waals surface area contributed by atoms with Gasteiger partial charge in [0.25, 0.3) is 0 Å². The Bertz CT molecular complexity index is 594. The fraction of sp³-hybridized carbons (Fsp3) is 0.684. The van der Waals surface area contributed by atoms with E-state index in [9.17, 15) is 4.79 Å². The second kappa shape index (κ2) is 8.21. The Labute approximate surface area is 160 Å². The lowest BCUT2D eigenvalue weighted by Gasteiger charge is -2.24. The van der Waals surface area contributed by atoms with Gasteiger partial charge in [0.15, 0.2) is 0 Å². The van der Waals surface area contributed by atoms with E-state index in [2.05, 4.69) is 31.8 Å². The van der Waals surface area contributed by atoms with Crippen molar-refractivity contribution in [2.24, 2.45) is 0 Å². The van der Waals surface area contributed by atoms with Crippen molar-refractivity contribution < 1.29 is 9.53 Å². The quantitative estimate of drug-likeness (QED) is 0.668. The van der Waals surface area contributed by atoms with E-state index in [0.717, 1.165) is 31.0 Å². The number of carbonyl (C=O) groups excluding carboxylic acids is 1. The molecule has 0 N–H and O–H groups in total. The maximum absolute atomic E-state index is 12.2. The van der Waals surface area contributed by atoms with E-state index < -0.39 is 5.60 Å². The third kappa shape index (κ3) is 7.10. The maximum atomic E-state index is 12.2. The fourth-order valence-corrected chi connectivity index (χ4v) is 4.83. The second-order valence-electron chi connectivity index (χ2n) is 8.31. The summed E-state index contributed by atoms with van der Waals surface area (Å²) in [5.41, 5.74) is 0.707. The highest BCUT2D eigenvalue weighted by atomic mass is 32.2. The summed E-state index contributed by atoms with van der Waals surface area (Å²) in [5.74, 6) is 0.881. The summed E-state index contributed by atoms with van der Waals surface area (Å²) in [6, 6.07) is 4.16. The van der Waals surface area contributed by atoms with Crippen LogP contribution in [0.25, 0.3) is 0 Å². The molecule has 25 heavy (non-hydrogen) atoms. The number of amides is 1. The second-order valence-corrected chi connectivity index (χ2v) is 11.5. The van der Waals surface area contributed by atoms with Crippen LogP contribution in [0.2, 0.25) is 0 Å². The summed E-state index contributed by atoms with van der Waals surface area (Å²) in [6.45, 7) is 13.9. The highest BCUT2D eigenvalue weighted by Gasteiger charge is 2.30. The van der Waals surface area contributed by atoms with Crippen LogP contribution in [0.3, 0.4) is 0 Å². The molecule has 1 aromatic heterocycles. The van der Waals surface area contributed by atoms with Gasteiger partial charge < -0.3 is 9.64 Å². The summed E-state index contributed by atoms with van der Waals surface area (Å²) in [7, 11) is 0. The zero-order valence-electron chi connectivity index (χ0n) is 16.2. The molecule has 1 atom stereocenters. The van der Waals surface area contributed by atoms with Crippen molar-refractivity contribution in [2.75, 3.05) is 13.1 Å². The summed E-state index contributed by atoms with van der Waals surface area (Å²) >= 11 is 3.75. The summed E-state index contributed by atoms with van der Waals surface area (Å²) < 4.78 is 5.64. The molecule has 2 heterocycles. The van der Waals surface area contributed by atoms with Crippen LogP contribution in [0.15, 0.2) is 23.2 Å². The van der Waals surface area contributed by atoms with E-state index in [1.807, 2.05) is 61.5 Å². The van der Waals surface area contributed by atoms with E-state index in [-0.39, 0.29) is 10.8 Å². The maximum Gasteiger partial charge on any atom is 0.410 e. The van der Waals surface area contributed by atoms with Crippen LogP contribution in [0.1, 0.15) is 53.7 Å². The van der Waals surface area contributed by atoms with Crippen molar-refractivity contribution >= 4 is 29.6 Å². The topological polar surface area (TPSA) is 42.4 Å². The van der Waals surface area contributed by atoms with Crippen LogP contribution in [0, 0.1) is 0 Å². The third-order valence-electron chi connectivity index (χ3n) is 3.52. The molecular formula is C19H30N2O2S2. The van der Waals surface area contributed by atoms with Gasteiger partial charge in [-0.05, 0) is 39.3 Å².